The predicted molar refractivity (Wildman–Crippen MR) is 146 cm³/mol. The van der Waals surface area contributed by atoms with Crippen LogP contribution in [-0.4, -0.2) is 61.0 Å². The normalized spacial score (nSPS) is 31.6. The molecule has 37 heavy (non-hydrogen) atoms. The van der Waals surface area contributed by atoms with Gasteiger partial charge in [-0.1, -0.05) is 40.2 Å². The fourth-order valence-corrected chi connectivity index (χ4v) is 6.88. The lowest BCUT2D eigenvalue weighted by molar-refractivity contribution is -0.141. The molecule has 6 heteroatoms. The van der Waals surface area contributed by atoms with Crippen molar-refractivity contribution in [1.29, 1.82) is 0 Å². The molecular weight excluding hydrogens is 466 g/mol. The number of hydrogen-bond acceptors (Lipinski definition) is 5. The zero-order chi connectivity index (χ0) is 26.7. The number of rotatable bonds is 9. The quantitative estimate of drug-likeness (QED) is 0.450. The van der Waals surface area contributed by atoms with Gasteiger partial charge in [-0.2, -0.15) is 0 Å². The summed E-state index contributed by atoms with van der Waals surface area (Å²) in [6.45, 7) is 11.9. The van der Waals surface area contributed by atoms with Gasteiger partial charge in [0.2, 0.25) is 5.91 Å². The van der Waals surface area contributed by atoms with Crippen molar-refractivity contribution < 1.29 is 24.1 Å². The second kappa shape index (κ2) is 11.9. The van der Waals surface area contributed by atoms with E-state index in [-0.39, 0.29) is 30.6 Å². The summed E-state index contributed by atoms with van der Waals surface area (Å²) in [4.78, 5) is 15.3. The monoisotopic (exact) mass is 515 g/mol. The van der Waals surface area contributed by atoms with Crippen LogP contribution in [0.1, 0.15) is 91.0 Å². The highest BCUT2D eigenvalue weighted by Gasteiger charge is 2.48. The van der Waals surface area contributed by atoms with Gasteiger partial charge >= 0.3 is 0 Å². The lowest BCUT2D eigenvalue weighted by Gasteiger charge is -2.37. The molecule has 1 N–H and O–H groups in total. The Labute approximate surface area is 224 Å². The van der Waals surface area contributed by atoms with Crippen LogP contribution in [0.2, 0.25) is 0 Å². The third kappa shape index (κ3) is 6.27. The molecule has 0 bridgehead atoms. The van der Waals surface area contributed by atoms with Crippen molar-refractivity contribution in [3.63, 3.8) is 0 Å². The van der Waals surface area contributed by atoms with Gasteiger partial charge in [0.05, 0.1) is 25.4 Å². The largest absolute Gasteiger partial charge is 0.493 e. The van der Waals surface area contributed by atoms with E-state index in [0.717, 1.165) is 36.3 Å². The molecule has 1 aromatic rings. The summed E-state index contributed by atoms with van der Waals surface area (Å²) in [6.07, 6.45) is 7.79. The molecule has 4 rings (SSSR count). The van der Waals surface area contributed by atoms with Gasteiger partial charge in [-0.3, -0.25) is 4.79 Å². The van der Waals surface area contributed by atoms with Gasteiger partial charge in [-0.25, -0.2) is 0 Å². The maximum atomic E-state index is 13.4. The van der Waals surface area contributed by atoms with Crippen LogP contribution in [0, 0.1) is 23.2 Å². The molecule has 1 heterocycles. The molecule has 0 unspecified atom stereocenters. The zero-order valence-electron chi connectivity index (χ0n) is 23.9. The summed E-state index contributed by atoms with van der Waals surface area (Å²) in [6, 6.07) is 6.10. The first-order valence-electron chi connectivity index (χ1n) is 14.5. The molecular formula is C31H49NO5. The van der Waals surface area contributed by atoms with Crippen molar-refractivity contribution in [2.75, 3.05) is 26.8 Å². The first-order chi connectivity index (χ1) is 17.6. The van der Waals surface area contributed by atoms with Gasteiger partial charge in [-0.15, -0.1) is 0 Å². The molecule has 2 aliphatic carbocycles. The average Bonchev–Trinajstić information content (AvgIpc) is 3.50. The number of benzene rings is 1. The van der Waals surface area contributed by atoms with Crippen LogP contribution in [0.15, 0.2) is 18.2 Å². The first kappa shape index (κ1) is 28.2. The summed E-state index contributed by atoms with van der Waals surface area (Å²) in [5, 5.41) is 10.9. The number of nitrogens with zero attached hydrogens (tertiary/aromatic N) is 1. The Morgan fingerprint density at radius 2 is 1.86 bits per heavy atom. The second-order valence-electron chi connectivity index (χ2n) is 12.6. The van der Waals surface area contributed by atoms with E-state index in [1.54, 1.807) is 7.11 Å². The predicted octanol–water partition coefficient (Wildman–Crippen LogP) is 5.81. The van der Waals surface area contributed by atoms with Crippen LogP contribution < -0.4 is 9.47 Å². The minimum absolute atomic E-state index is 0.00796. The van der Waals surface area contributed by atoms with E-state index in [2.05, 4.69) is 39.8 Å². The lowest BCUT2D eigenvalue weighted by Crippen LogP contribution is -2.40. The molecule has 3 aliphatic rings. The van der Waals surface area contributed by atoms with Crippen LogP contribution in [0.5, 0.6) is 11.5 Å². The van der Waals surface area contributed by atoms with Crippen LogP contribution in [0.25, 0.3) is 0 Å². The van der Waals surface area contributed by atoms with Crippen LogP contribution in [0.3, 0.4) is 0 Å². The molecule has 0 aromatic heterocycles. The van der Waals surface area contributed by atoms with Crippen molar-refractivity contribution in [2.45, 2.75) is 104 Å². The Balaban J connectivity index is 1.48. The molecule has 1 saturated heterocycles. The van der Waals surface area contributed by atoms with E-state index >= 15 is 0 Å². The number of aliphatic hydroxyl groups excluding tert-OH is 1. The Kier molecular flexibility index (Phi) is 9.11. The van der Waals surface area contributed by atoms with Crippen molar-refractivity contribution in [3.8, 4) is 11.5 Å². The first-order valence-corrected chi connectivity index (χ1v) is 14.5. The van der Waals surface area contributed by atoms with Gasteiger partial charge in [0.1, 0.15) is 6.61 Å². The molecule has 208 valence electrons. The smallest absolute Gasteiger partial charge is 0.248 e. The highest BCUT2D eigenvalue weighted by Crippen LogP contribution is 2.47. The Morgan fingerprint density at radius 1 is 1.14 bits per heavy atom. The fraction of sp³-hybridized carbons (Fsp3) is 0.774. The van der Waals surface area contributed by atoms with E-state index in [1.165, 1.54) is 25.7 Å². The third-order valence-electron chi connectivity index (χ3n) is 9.61. The Morgan fingerprint density at radius 3 is 2.51 bits per heavy atom. The summed E-state index contributed by atoms with van der Waals surface area (Å²) < 4.78 is 18.3. The number of hydrogen-bond donors (Lipinski definition) is 1. The number of carbonyl (C=O) groups excluding carboxylic acids is 1. The number of likely N-dealkylation sites (tertiary alicyclic amines) is 1. The highest BCUT2D eigenvalue weighted by molar-refractivity contribution is 5.78. The number of carbonyl (C=O) groups is 1. The minimum atomic E-state index is -0.568. The standard InChI is InChI=1S/C31H49NO5/c1-20(2)25-13-11-21(3)15-28(25)36-18-30(34)32-17-26(31(5,19-32)22(4)33)23-12-14-27(35-6)29(16-23)37-24-9-7-8-10-24/h12,14,16,20-22,24-26,28,33H,7-11,13,15,17-19H2,1-6H3/t21-,22+,25+,26+,28-,31+/m1/s1. The molecule has 0 spiro atoms. The maximum Gasteiger partial charge on any atom is 0.248 e. The van der Waals surface area contributed by atoms with Crippen LogP contribution in [-0.2, 0) is 9.53 Å². The van der Waals surface area contributed by atoms with Crippen molar-refractivity contribution in [3.05, 3.63) is 23.8 Å². The summed E-state index contributed by atoms with van der Waals surface area (Å²) in [7, 11) is 1.67. The van der Waals surface area contributed by atoms with E-state index in [0.29, 0.717) is 30.8 Å². The van der Waals surface area contributed by atoms with E-state index in [4.69, 9.17) is 14.2 Å². The maximum absolute atomic E-state index is 13.4. The summed E-state index contributed by atoms with van der Waals surface area (Å²) in [5.41, 5.74) is 0.615. The molecule has 1 aromatic carbocycles. The molecule has 3 fully saturated rings. The molecule has 1 amide bonds. The number of amides is 1. The third-order valence-corrected chi connectivity index (χ3v) is 9.61. The van der Waals surface area contributed by atoms with E-state index < -0.39 is 11.5 Å². The van der Waals surface area contributed by atoms with Crippen LogP contribution in [0.4, 0.5) is 0 Å². The lowest BCUT2D eigenvalue weighted by atomic mass is 9.72. The van der Waals surface area contributed by atoms with Crippen molar-refractivity contribution in [2.24, 2.45) is 23.2 Å². The molecule has 1 aliphatic heterocycles. The Hall–Kier alpha value is -1.79. The Bertz CT molecular complexity index is 911. The SMILES string of the molecule is COc1ccc([C@@H]2CN(C(=O)CO[C@@H]3C[C@H](C)CC[C@H]3C(C)C)C[C@@]2(C)[C@H](C)O)cc1OC1CCCC1. The van der Waals surface area contributed by atoms with E-state index in [9.17, 15) is 9.90 Å². The fourth-order valence-electron chi connectivity index (χ4n) is 6.88. The van der Waals surface area contributed by atoms with E-state index in [1.807, 2.05) is 17.9 Å². The van der Waals surface area contributed by atoms with Gasteiger partial charge in [0.25, 0.3) is 0 Å². The van der Waals surface area contributed by atoms with Gasteiger partial charge < -0.3 is 24.2 Å². The number of methoxy groups -OCH3 is 1. The average molecular weight is 516 g/mol. The van der Waals surface area contributed by atoms with Crippen LogP contribution >= 0.6 is 0 Å². The van der Waals surface area contributed by atoms with Gasteiger partial charge in [0, 0.05) is 24.4 Å². The van der Waals surface area contributed by atoms with Crippen molar-refractivity contribution >= 4 is 5.91 Å². The second-order valence-corrected chi connectivity index (χ2v) is 12.6. The zero-order valence-corrected chi connectivity index (χ0v) is 23.9. The summed E-state index contributed by atoms with van der Waals surface area (Å²) >= 11 is 0. The molecule has 0 radical (unpaired) electrons. The number of aliphatic hydroxyl groups is 1. The summed E-state index contributed by atoms with van der Waals surface area (Å²) in [5.74, 6) is 3.21. The topological polar surface area (TPSA) is 68.2 Å². The molecule has 6 atom stereocenters. The van der Waals surface area contributed by atoms with Gasteiger partial charge in [0.15, 0.2) is 11.5 Å². The number of ether oxygens (including phenoxy) is 3. The minimum Gasteiger partial charge on any atom is -0.493 e. The molecule has 2 saturated carbocycles. The highest BCUT2D eigenvalue weighted by atomic mass is 16.5. The van der Waals surface area contributed by atoms with Gasteiger partial charge in [-0.05, 0) is 80.9 Å². The van der Waals surface area contributed by atoms with Crippen molar-refractivity contribution in [1.82, 2.24) is 4.90 Å². The molecule has 6 nitrogen and oxygen atoms in total.